The van der Waals surface area contributed by atoms with Gasteiger partial charge in [-0.25, -0.2) is 0 Å². The summed E-state index contributed by atoms with van der Waals surface area (Å²) in [6.45, 7) is 13.6. The lowest BCUT2D eigenvalue weighted by Crippen LogP contribution is -2.23. The van der Waals surface area contributed by atoms with Gasteiger partial charge in [0.05, 0.1) is 0 Å². The Labute approximate surface area is 154 Å². The first kappa shape index (κ1) is 18.2. The van der Waals surface area contributed by atoms with Gasteiger partial charge in [-0.1, -0.05) is 96.3 Å². The molecule has 0 heterocycles. The van der Waals surface area contributed by atoms with Crippen molar-refractivity contribution in [3.63, 3.8) is 0 Å². The number of aryl methyl sites for hydroxylation is 4. The van der Waals surface area contributed by atoms with Gasteiger partial charge in [-0.3, -0.25) is 0 Å². The predicted molar refractivity (Wildman–Crippen MR) is 114 cm³/mol. The van der Waals surface area contributed by atoms with Gasteiger partial charge in [-0.15, -0.1) is 0 Å². The molecular weight excluding hydrogens is 319 g/mol. The van der Waals surface area contributed by atoms with Crippen molar-refractivity contribution in [1.82, 2.24) is 0 Å². The molecule has 0 nitrogen and oxygen atoms in total. The van der Waals surface area contributed by atoms with E-state index >= 15 is 0 Å². The van der Waals surface area contributed by atoms with E-state index in [0.717, 1.165) is 0 Å². The largest absolute Gasteiger partial charge is 0.0776 e. The maximum Gasteiger partial charge on any atom is 0.00614 e. The molecule has 1 aliphatic carbocycles. The highest BCUT2D eigenvalue weighted by atomic mass is 31.1. The fourth-order valence-electron chi connectivity index (χ4n) is 4.04. The number of hydrogen-bond acceptors (Lipinski definition) is 0. The molecule has 0 N–H and O–H groups in total. The topological polar surface area (TPSA) is 0 Å². The first-order valence-electron chi connectivity index (χ1n) is 9.19. The molecule has 3 rings (SSSR count). The maximum absolute atomic E-state index is 2.43. The van der Waals surface area contributed by atoms with Crippen LogP contribution in [0.3, 0.4) is 0 Å². The third-order valence-electron chi connectivity index (χ3n) is 5.05. The lowest BCUT2D eigenvalue weighted by Gasteiger charge is -2.30. The van der Waals surface area contributed by atoms with E-state index in [1.807, 2.05) is 0 Å². The van der Waals surface area contributed by atoms with E-state index in [1.54, 1.807) is 5.57 Å². The van der Waals surface area contributed by atoms with Crippen LogP contribution < -0.4 is 10.6 Å². The second-order valence-electron chi connectivity index (χ2n) is 7.58. The Kier molecular flexibility index (Phi) is 5.30. The number of hydrogen-bond donors (Lipinski definition) is 0. The van der Waals surface area contributed by atoms with Crippen molar-refractivity contribution < 1.29 is 0 Å². The molecular formula is C24H29P. The van der Waals surface area contributed by atoms with Crippen LogP contribution in [-0.4, -0.2) is 5.66 Å². The van der Waals surface area contributed by atoms with Crippen molar-refractivity contribution in [2.75, 3.05) is 0 Å². The van der Waals surface area contributed by atoms with E-state index in [9.17, 15) is 0 Å². The standard InChI is InChI=1S/C24H29P/c1-16-10-17(2)13-22(12-16)25(21(6)24-9-7-8-20(24)5)23-14-18(3)11-19(4)15-23/h7-15,20-21H,1-6H3/t20?,21-/m1/s1. The molecule has 0 bridgehead atoms. The molecule has 2 aromatic rings. The average molecular weight is 348 g/mol. The quantitative estimate of drug-likeness (QED) is 0.606. The normalized spacial score (nSPS) is 17.9. The lowest BCUT2D eigenvalue weighted by molar-refractivity contribution is 0.832. The predicted octanol–water partition coefficient (Wildman–Crippen LogP) is 5.87. The first-order valence-corrected chi connectivity index (χ1v) is 10.6. The van der Waals surface area contributed by atoms with Crippen LogP contribution >= 0.6 is 7.92 Å². The SMILES string of the molecule is Cc1cc(C)cc(P(c2cc(C)cc(C)c2)[C@H](C)C2=CC=CC2C)c1. The Morgan fingerprint density at radius 2 is 1.20 bits per heavy atom. The molecule has 2 aromatic carbocycles. The van der Waals surface area contributed by atoms with E-state index in [2.05, 4.69) is 96.2 Å². The molecule has 0 radical (unpaired) electrons. The van der Waals surface area contributed by atoms with Gasteiger partial charge < -0.3 is 0 Å². The van der Waals surface area contributed by atoms with Crippen LogP contribution in [0.1, 0.15) is 36.1 Å². The fourth-order valence-corrected chi connectivity index (χ4v) is 7.22. The van der Waals surface area contributed by atoms with Crippen LogP contribution in [0, 0.1) is 33.6 Å². The molecule has 0 aromatic heterocycles. The Morgan fingerprint density at radius 3 is 1.56 bits per heavy atom. The monoisotopic (exact) mass is 348 g/mol. The molecule has 0 amide bonds. The number of benzene rings is 2. The van der Waals surface area contributed by atoms with Crippen molar-refractivity contribution >= 4 is 18.5 Å². The van der Waals surface area contributed by atoms with Crippen LogP contribution in [-0.2, 0) is 0 Å². The van der Waals surface area contributed by atoms with Crippen molar-refractivity contribution in [3.8, 4) is 0 Å². The van der Waals surface area contributed by atoms with E-state index in [1.165, 1.54) is 32.9 Å². The Balaban J connectivity index is 2.14. The second-order valence-corrected chi connectivity index (χ2v) is 10.1. The van der Waals surface area contributed by atoms with Crippen LogP contribution in [0.2, 0.25) is 0 Å². The van der Waals surface area contributed by atoms with Gasteiger partial charge in [0.25, 0.3) is 0 Å². The minimum Gasteiger partial charge on any atom is -0.0776 e. The smallest absolute Gasteiger partial charge is 0.00614 e. The summed E-state index contributed by atoms with van der Waals surface area (Å²) in [5, 5.41) is 3.01. The molecule has 0 aliphatic heterocycles. The number of allylic oxidation sites excluding steroid dienone is 4. The van der Waals surface area contributed by atoms with Crippen molar-refractivity contribution in [2.24, 2.45) is 5.92 Å². The van der Waals surface area contributed by atoms with Gasteiger partial charge in [0.15, 0.2) is 0 Å². The lowest BCUT2D eigenvalue weighted by atomic mass is 10.0. The molecule has 25 heavy (non-hydrogen) atoms. The van der Waals surface area contributed by atoms with E-state index in [0.29, 0.717) is 11.6 Å². The summed E-state index contributed by atoms with van der Waals surface area (Å²) >= 11 is 0. The molecule has 0 spiro atoms. The molecule has 0 fully saturated rings. The van der Waals surface area contributed by atoms with Gasteiger partial charge in [-0.05, 0) is 52.1 Å². The zero-order valence-electron chi connectivity index (χ0n) is 16.3. The summed E-state index contributed by atoms with van der Waals surface area (Å²) in [6.07, 6.45) is 6.89. The van der Waals surface area contributed by atoms with Gasteiger partial charge in [0.2, 0.25) is 0 Å². The van der Waals surface area contributed by atoms with Crippen molar-refractivity contribution in [1.29, 1.82) is 0 Å². The van der Waals surface area contributed by atoms with Crippen LogP contribution in [0.15, 0.2) is 60.2 Å². The van der Waals surface area contributed by atoms with Gasteiger partial charge >= 0.3 is 0 Å². The Bertz CT molecular complexity index is 749. The Morgan fingerprint density at radius 1 is 0.760 bits per heavy atom. The third-order valence-corrected chi connectivity index (χ3v) is 7.76. The van der Waals surface area contributed by atoms with Gasteiger partial charge in [0.1, 0.15) is 0 Å². The fraction of sp³-hybridized carbons (Fsp3) is 0.333. The highest BCUT2D eigenvalue weighted by Gasteiger charge is 2.27. The maximum atomic E-state index is 2.43. The Hall–Kier alpha value is -1.65. The molecule has 0 saturated carbocycles. The molecule has 1 unspecified atom stereocenters. The minimum absolute atomic E-state index is 0.423. The summed E-state index contributed by atoms with van der Waals surface area (Å²) < 4.78 is 0. The summed E-state index contributed by atoms with van der Waals surface area (Å²) in [4.78, 5) is 0. The van der Waals surface area contributed by atoms with Crippen LogP contribution in [0.4, 0.5) is 0 Å². The van der Waals surface area contributed by atoms with Crippen molar-refractivity contribution in [2.45, 2.75) is 47.2 Å². The minimum atomic E-state index is -0.423. The number of rotatable bonds is 4. The summed E-state index contributed by atoms with van der Waals surface area (Å²) in [5.74, 6) is 0.553. The van der Waals surface area contributed by atoms with E-state index in [4.69, 9.17) is 0 Å². The van der Waals surface area contributed by atoms with Gasteiger partial charge in [0, 0.05) is 5.66 Å². The molecule has 2 atom stereocenters. The zero-order chi connectivity index (χ0) is 18.1. The molecule has 130 valence electrons. The van der Waals surface area contributed by atoms with Crippen LogP contribution in [0.25, 0.3) is 0 Å². The summed E-state index contributed by atoms with van der Waals surface area (Å²) in [7, 11) is -0.423. The first-order chi connectivity index (χ1) is 11.8. The van der Waals surface area contributed by atoms with Gasteiger partial charge in [-0.2, -0.15) is 0 Å². The summed E-state index contributed by atoms with van der Waals surface area (Å²) in [6, 6.07) is 14.2. The van der Waals surface area contributed by atoms with Crippen molar-refractivity contribution in [3.05, 3.63) is 82.5 Å². The van der Waals surface area contributed by atoms with Crippen LogP contribution in [0.5, 0.6) is 0 Å². The molecule has 1 aliphatic rings. The third kappa shape index (κ3) is 3.96. The van der Waals surface area contributed by atoms with E-state index < -0.39 is 7.92 Å². The zero-order valence-corrected chi connectivity index (χ0v) is 17.2. The van der Waals surface area contributed by atoms with E-state index in [-0.39, 0.29) is 0 Å². The highest BCUT2D eigenvalue weighted by Crippen LogP contribution is 2.46. The second kappa shape index (κ2) is 7.30. The molecule has 0 saturated heterocycles. The molecule has 1 heteroatoms. The highest BCUT2D eigenvalue weighted by molar-refractivity contribution is 7.73. The average Bonchev–Trinajstić information content (AvgIpc) is 2.91. The summed E-state index contributed by atoms with van der Waals surface area (Å²) in [5.41, 5.74) is 7.58.